The lowest BCUT2D eigenvalue weighted by molar-refractivity contribution is -0.154. The number of phenols is 1. The van der Waals surface area contributed by atoms with Crippen LogP contribution in [0.15, 0.2) is 45.6 Å². The molecule has 4 rings (SSSR count). The van der Waals surface area contributed by atoms with Crippen molar-refractivity contribution in [2.45, 2.75) is 45.7 Å². The van der Waals surface area contributed by atoms with Gasteiger partial charge in [-0.1, -0.05) is 17.7 Å². The van der Waals surface area contributed by atoms with Crippen molar-refractivity contribution in [1.82, 2.24) is 4.90 Å². The van der Waals surface area contributed by atoms with Crippen molar-refractivity contribution < 1.29 is 32.2 Å². The van der Waals surface area contributed by atoms with Crippen molar-refractivity contribution in [1.29, 1.82) is 0 Å². The molecule has 3 aromatic rings. The van der Waals surface area contributed by atoms with E-state index in [2.05, 4.69) is 0 Å². The monoisotopic (exact) mass is 463 g/mol. The normalized spacial score (nSPS) is 19.7. The zero-order valence-corrected chi connectivity index (χ0v) is 18.4. The third kappa shape index (κ3) is 4.84. The standard InChI is InChI=1S/C24H24F3NO5/c1-13-4-6-16(7-5-13)32-22-20(30)17-8-9-19(29)18(21(17)33-23(22)24(25,26)27)12-28-10-14(2)31-15(3)11-28/h4-9,14-15,29H,10-12H2,1-3H3/t14-,15+. The van der Waals surface area contributed by atoms with Gasteiger partial charge in [0, 0.05) is 19.6 Å². The Morgan fingerprint density at radius 1 is 1.09 bits per heavy atom. The van der Waals surface area contributed by atoms with E-state index < -0.39 is 23.1 Å². The average Bonchev–Trinajstić information content (AvgIpc) is 2.72. The number of rotatable bonds is 4. The van der Waals surface area contributed by atoms with Crippen LogP contribution in [0.1, 0.15) is 30.7 Å². The van der Waals surface area contributed by atoms with Crippen LogP contribution < -0.4 is 10.2 Å². The molecule has 1 fully saturated rings. The first-order valence-electron chi connectivity index (χ1n) is 10.5. The number of phenolic OH excluding ortho intramolecular Hbond substituents is 1. The second kappa shape index (κ2) is 8.72. The van der Waals surface area contributed by atoms with Crippen LogP contribution in [-0.4, -0.2) is 35.3 Å². The van der Waals surface area contributed by atoms with Gasteiger partial charge in [0.2, 0.25) is 11.2 Å². The highest BCUT2D eigenvalue weighted by molar-refractivity contribution is 5.83. The van der Waals surface area contributed by atoms with Gasteiger partial charge in [-0.3, -0.25) is 9.69 Å². The minimum atomic E-state index is -4.99. The summed E-state index contributed by atoms with van der Waals surface area (Å²) in [6, 6.07) is 8.79. The highest BCUT2D eigenvalue weighted by Crippen LogP contribution is 2.40. The van der Waals surface area contributed by atoms with E-state index in [0.717, 1.165) is 5.56 Å². The maximum atomic E-state index is 13.9. The van der Waals surface area contributed by atoms with E-state index in [-0.39, 0.29) is 46.8 Å². The van der Waals surface area contributed by atoms with E-state index in [1.165, 1.54) is 24.3 Å². The Balaban J connectivity index is 1.84. The van der Waals surface area contributed by atoms with Crippen molar-refractivity contribution in [3.8, 4) is 17.2 Å². The predicted molar refractivity (Wildman–Crippen MR) is 116 cm³/mol. The number of aryl methyl sites for hydroxylation is 1. The Kier molecular flexibility index (Phi) is 6.11. The zero-order chi connectivity index (χ0) is 23.9. The number of halogens is 3. The van der Waals surface area contributed by atoms with E-state index >= 15 is 0 Å². The summed E-state index contributed by atoms with van der Waals surface area (Å²) in [6.45, 7) is 6.74. The summed E-state index contributed by atoms with van der Waals surface area (Å²) in [5, 5.41) is 10.3. The van der Waals surface area contributed by atoms with Gasteiger partial charge in [0.05, 0.1) is 23.2 Å². The van der Waals surface area contributed by atoms with Crippen LogP contribution in [-0.2, 0) is 17.5 Å². The molecule has 0 amide bonds. The van der Waals surface area contributed by atoms with Gasteiger partial charge in [0.25, 0.3) is 5.76 Å². The van der Waals surface area contributed by atoms with Crippen molar-refractivity contribution in [3.05, 3.63) is 63.5 Å². The molecule has 1 aliphatic heterocycles. The summed E-state index contributed by atoms with van der Waals surface area (Å²) in [6.07, 6.45) is -5.16. The van der Waals surface area contributed by atoms with Crippen LogP contribution in [0.25, 0.3) is 11.0 Å². The molecule has 1 aromatic heterocycles. The van der Waals surface area contributed by atoms with Gasteiger partial charge < -0.3 is 19.0 Å². The van der Waals surface area contributed by atoms with Crippen LogP contribution in [0.5, 0.6) is 17.2 Å². The number of aromatic hydroxyl groups is 1. The fourth-order valence-corrected chi connectivity index (χ4v) is 4.08. The molecule has 0 saturated carbocycles. The number of fused-ring (bicyclic) bond motifs is 1. The maximum Gasteiger partial charge on any atom is 0.453 e. The molecule has 6 nitrogen and oxygen atoms in total. The lowest BCUT2D eigenvalue weighted by Gasteiger charge is -2.35. The van der Waals surface area contributed by atoms with Crippen LogP contribution in [0.2, 0.25) is 0 Å². The number of benzene rings is 2. The molecule has 176 valence electrons. The summed E-state index contributed by atoms with van der Waals surface area (Å²) < 4.78 is 58.1. The summed E-state index contributed by atoms with van der Waals surface area (Å²) >= 11 is 0. The van der Waals surface area contributed by atoms with E-state index in [1.807, 2.05) is 25.7 Å². The van der Waals surface area contributed by atoms with Gasteiger partial charge in [-0.15, -0.1) is 0 Å². The van der Waals surface area contributed by atoms with E-state index in [4.69, 9.17) is 13.9 Å². The molecule has 1 N–H and O–H groups in total. The second-order valence-electron chi connectivity index (χ2n) is 8.39. The fraction of sp³-hybridized carbons (Fsp3) is 0.375. The molecule has 9 heteroatoms. The molecule has 0 aliphatic carbocycles. The second-order valence-corrected chi connectivity index (χ2v) is 8.39. The topological polar surface area (TPSA) is 72.1 Å². The van der Waals surface area contributed by atoms with Crippen molar-refractivity contribution in [2.24, 2.45) is 0 Å². The highest BCUT2D eigenvalue weighted by Gasteiger charge is 2.41. The molecule has 1 saturated heterocycles. The maximum absolute atomic E-state index is 13.9. The number of hydrogen-bond donors (Lipinski definition) is 1. The molecule has 1 aliphatic rings. The molecule has 0 radical (unpaired) electrons. The lowest BCUT2D eigenvalue weighted by atomic mass is 10.1. The Morgan fingerprint density at radius 3 is 2.33 bits per heavy atom. The van der Waals surface area contributed by atoms with Crippen LogP contribution in [0, 0.1) is 6.92 Å². The minimum Gasteiger partial charge on any atom is -0.507 e. The SMILES string of the molecule is Cc1ccc(Oc2c(C(F)(F)F)oc3c(CN4C[C@@H](C)O[C@@H](C)C4)c(O)ccc3c2=O)cc1. The predicted octanol–water partition coefficient (Wildman–Crippen LogP) is 5.23. The van der Waals surface area contributed by atoms with Crippen molar-refractivity contribution >= 4 is 11.0 Å². The zero-order valence-electron chi connectivity index (χ0n) is 18.4. The summed E-state index contributed by atoms with van der Waals surface area (Å²) in [4.78, 5) is 15.1. The molecular formula is C24H24F3NO5. The van der Waals surface area contributed by atoms with Gasteiger partial charge in [0.15, 0.2) is 0 Å². The first-order chi connectivity index (χ1) is 15.5. The summed E-state index contributed by atoms with van der Waals surface area (Å²) in [5.74, 6) is -2.66. The molecule has 33 heavy (non-hydrogen) atoms. The van der Waals surface area contributed by atoms with E-state index in [9.17, 15) is 23.1 Å². The Morgan fingerprint density at radius 2 is 1.73 bits per heavy atom. The summed E-state index contributed by atoms with van der Waals surface area (Å²) in [7, 11) is 0. The Hall–Kier alpha value is -3.04. The fourth-order valence-electron chi connectivity index (χ4n) is 4.08. The van der Waals surface area contributed by atoms with Crippen LogP contribution in [0.4, 0.5) is 13.2 Å². The van der Waals surface area contributed by atoms with Gasteiger partial charge >= 0.3 is 6.18 Å². The van der Waals surface area contributed by atoms with Crippen molar-refractivity contribution in [3.63, 3.8) is 0 Å². The van der Waals surface area contributed by atoms with Gasteiger partial charge in [0.1, 0.15) is 17.1 Å². The van der Waals surface area contributed by atoms with Crippen LogP contribution in [0.3, 0.4) is 0 Å². The Bertz CT molecular complexity index is 1210. The van der Waals surface area contributed by atoms with E-state index in [1.54, 1.807) is 12.1 Å². The van der Waals surface area contributed by atoms with Gasteiger partial charge in [-0.05, 0) is 45.0 Å². The molecule has 2 aromatic carbocycles. The smallest absolute Gasteiger partial charge is 0.453 e. The first-order valence-corrected chi connectivity index (χ1v) is 10.5. The lowest BCUT2D eigenvalue weighted by Crippen LogP contribution is -2.44. The number of alkyl halides is 3. The number of hydrogen-bond acceptors (Lipinski definition) is 6. The third-order valence-corrected chi connectivity index (χ3v) is 5.47. The minimum absolute atomic E-state index is 0.0769. The summed E-state index contributed by atoms with van der Waals surface area (Å²) in [5.41, 5.74) is -0.279. The quantitative estimate of drug-likeness (QED) is 0.572. The molecular weight excluding hydrogens is 439 g/mol. The van der Waals surface area contributed by atoms with Gasteiger partial charge in [-0.25, -0.2) is 0 Å². The third-order valence-electron chi connectivity index (χ3n) is 5.47. The van der Waals surface area contributed by atoms with Crippen molar-refractivity contribution in [2.75, 3.05) is 13.1 Å². The Labute approximate surface area is 188 Å². The average molecular weight is 463 g/mol. The molecule has 2 heterocycles. The van der Waals surface area contributed by atoms with E-state index in [0.29, 0.717) is 13.1 Å². The highest BCUT2D eigenvalue weighted by atomic mass is 19.4. The molecule has 0 unspecified atom stereocenters. The first kappa shape index (κ1) is 23.1. The van der Waals surface area contributed by atoms with Crippen LogP contribution >= 0.6 is 0 Å². The largest absolute Gasteiger partial charge is 0.507 e. The number of nitrogens with zero attached hydrogens (tertiary/aromatic N) is 1. The van der Waals surface area contributed by atoms with Gasteiger partial charge in [-0.2, -0.15) is 13.2 Å². The molecule has 0 bridgehead atoms. The number of ether oxygens (including phenoxy) is 2. The number of morpholine rings is 1. The molecule has 0 spiro atoms. The molecule has 2 atom stereocenters.